The van der Waals surface area contributed by atoms with Gasteiger partial charge >= 0.3 is 12.1 Å². The van der Waals surface area contributed by atoms with Crippen molar-refractivity contribution >= 4 is 35.1 Å². The molecular formula is C23H29FN4O5S. The largest absolute Gasteiger partial charge is 0.496 e. The summed E-state index contributed by atoms with van der Waals surface area (Å²) >= 11 is 1.08. The number of carbonyl (C=O) groups is 3. The van der Waals surface area contributed by atoms with Crippen LogP contribution in [0, 0.1) is 5.82 Å². The molecule has 0 saturated carbocycles. The van der Waals surface area contributed by atoms with E-state index < -0.39 is 17.8 Å². The van der Waals surface area contributed by atoms with Gasteiger partial charge in [-0.2, -0.15) is 0 Å². The average molecular weight is 493 g/mol. The van der Waals surface area contributed by atoms with Gasteiger partial charge in [-0.05, 0) is 43.5 Å². The topological polar surface area (TPSA) is 123 Å². The molecule has 9 nitrogen and oxygen atoms in total. The maximum atomic E-state index is 13.9. The van der Waals surface area contributed by atoms with Crippen LogP contribution in [0.5, 0.6) is 5.75 Å². The van der Waals surface area contributed by atoms with Crippen molar-refractivity contribution in [2.45, 2.75) is 38.6 Å². The number of thiophene rings is 1. The molecule has 0 bridgehead atoms. The number of anilines is 1. The molecule has 2 heterocycles. The quantitative estimate of drug-likeness (QED) is 0.477. The van der Waals surface area contributed by atoms with Gasteiger partial charge in [0.25, 0.3) is 5.91 Å². The summed E-state index contributed by atoms with van der Waals surface area (Å²) in [6.45, 7) is 3.27. The molecule has 1 saturated heterocycles. The van der Waals surface area contributed by atoms with Gasteiger partial charge in [-0.15, -0.1) is 11.3 Å². The number of unbranched alkanes of at least 4 members (excludes halogenated alkanes) is 1. The Hall–Kier alpha value is -3.34. The van der Waals surface area contributed by atoms with Crippen LogP contribution < -0.4 is 21.1 Å². The number of nitrogens with zero attached hydrogens (tertiary/aromatic N) is 1. The third kappa shape index (κ3) is 6.37. The number of nitrogens with two attached hydrogens (primary N) is 1. The summed E-state index contributed by atoms with van der Waals surface area (Å²) < 4.78 is 24.5. The molecule has 1 aromatic heterocycles. The fourth-order valence-corrected chi connectivity index (χ4v) is 4.74. The number of primary amides is 1. The summed E-state index contributed by atoms with van der Waals surface area (Å²) in [5.41, 5.74) is 5.94. The van der Waals surface area contributed by atoms with Crippen molar-refractivity contribution in [3.8, 4) is 16.2 Å². The zero-order valence-electron chi connectivity index (χ0n) is 19.2. The van der Waals surface area contributed by atoms with Crippen molar-refractivity contribution in [3.05, 3.63) is 35.0 Å². The Kier molecular flexibility index (Phi) is 8.69. The van der Waals surface area contributed by atoms with Gasteiger partial charge in [-0.3, -0.25) is 4.79 Å². The molecule has 0 aliphatic carbocycles. The number of hydrogen-bond acceptors (Lipinski definition) is 6. The summed E-state index contributed by atoms with van der Waals surface area (Å²) in [5, 5.41) is 5.39. The first-order valence-electron chi connectivity index (χ1n) is 11.1. The molecule has 34 heavy (non-hydrogen) atoms. The van der Waals surface area contributed by atoms with Crippen LogP contribution in [0.1, 0.15) is 42.3 Å². The van der Waals surface area contributed by atoms with Gasteiger partial charge in [0.15, 0.2) is 0 Å². The zero-order valence-corrected chi connectivity index (χ0v) is 20.0. The van der Waals surface area contributed by atoms with E-state index in [0.29, 0.717) is 42.3 Å². The van der Waals surface area contributed by atoms with Crippen LogP contribution >= 0.6 is 11.3 Å². The molecule has 4 amide bonds. The summed E-state index contributed by atoms with van der Waals surface area (Å²) in [6, 6.07) is 4.50. The van der Waals surface area contributed by atoms with Gasteiger partial charge in [0, 0.05) is 29.6 Å². The van der Waals surface area contributed by atoms with Crippen LogP contribution in [0.4, 0.5) is 19.7 Å². The van der Waals surface area contributed by atoms with Crippen molar-refractivity contribution in [3.63, 3.8) is 0 Å². The lowest BCUT2D eigenvalue weighted by atomic mass is 10.1. The normalized spacial score (nSPS) is 15.5. The molecule has 11 heteroatoms. The highest BCUT2D eigenvalue weighted by Crippen LogP contribution is 2.39. The molecule has 0 radical (unpaired) electrons. The second-order valence-electron chi connectivity index (χ2n) is 7.91. The molecule has 1 atom stereocenters. The SMILES string of the molecule is CCCCOC(=O)N1CCC[C@H](NC(=O)c2sc(-c3cc(F)ccc3OC)cc2NC(N)=O)C1. The second-order valence-corrected chi connectivity index (χ2v) is 8.97. The van der Waals surface area contributed by atoms with Crippen LogP contribution in [-0.2, 0) is 4.74 Å². The first-order chi connectivity index (χ1) is 16.3. The number of benzene rings is 1. The number of likely N-dealkylation sites (tertiary alicyclic amines) is 1. The molecule has 1 aromatic carbocycles. The Bertz CT molecular complexity index is 1040. The summed E-state index contributed by atoms with van der Waals surface area (Å²) in [6.07, 6.45) is 2.75. The van der Waals surface area contributed by atoms with Crippen molar-refractivity contribution in [1.29, 1.82) is 0 Å². The van der Waals surface area contributed by atoms with E-state index in [1.807, 2.05) is 6.92 Å². The first kappa shape index (κ1) is 25.3. The monoisotopic (exact) mass is 492 g/mol. The fourth-order valence-electron chi connectivity index (χ4n) is 3.70. The smallest absolute Gasteiger partial charge is 0.409 e. The number of piperidine rings is 1. The Labute approximate surface area is 201 Å². The van der Waals surface area contributed by atoms with E-state index in [4.69, 9.17) is 15.2 Å². The molecule has 4 N–H and O–H groups in total. The maximum Gasteiger partial charge on any atom is 0.409 e. The van der Waals surface area contributed by atoms with E-state index in [9.17, 15) is 18.8 Å². The van der Waals surface area contributed by atoms with Crippen molar-refractivity contribution in [2.24, 2.45) is 5.73 Å². The average Bonchev–Trinajstić information content (AvgIpc) is 3.22. The van der Waals surface area contributed by atoms with Crippen LogP contribution in [0.3, 0.4) is 0 Å². The lowest BCUT2D eigenvalue weighted by Crippen LogP contribution is -2.49. The van der Waals surface area contributed by atoms with Crippen LogP contribution in [0.25, 0.3) is 10.4 Å². The predicted octanol–water partition coefficient (Wildman–Crippen LogP) is 4.18. The molecule has 0 spiro atoms. The Morgan fingerprint density at radius 1 is 1.29 bits per heavy atom. The number of nitrogens with one attached hydrogen (secondary N) is 2. The Morgan fingerprint density at radius 3 is 2.79 bits per heavy atom. The van der Waals surface area contributed by atoms with Gasteiger partial charge in [0.05, 0.1) is 19.4 Å². The third-order valence-electron chi connectivity index (χ3n) is 5.36. The number of carbonyl (C=O) groups excluding carboxylic acids is 3. The number of methoxy groups -OCH3 is 1. The molecule has 1 fully saturated rings. The highest BCUT2D eigenvalue weighted by atomic mass is 32.1. The lowest BCUT2D eigenvalue weighted by molar-refractivity contribution is 0.0798. The lowest BCUT2D eigenvalue weighted by Gasteiger charge is -2.32. The van der Waals surface area contributed by atoms with Crippen LogP contribution in [0.15, 0.2) is 24.3 Å². The minimum atomic E-state index is -0.830. The fraction of sp³-hybridized carbons (Fsp3) is 0.435. The molecule has 1 aliphatic heterocycles. The summed E-state index contributed by atoms with van der Waals surface area (Å²) in [4.78, 5) is 39.3. The van der Waals surface area contributed by atoms with E-state index in [1.54, 1.807) is 11.0 Å². The minimum Gasteiger partial charge on any atom is -0.496 e. The minimum absolute atomic E-state index is 0.211. The maximum absolute atomic E-state index is 13.9. The van der Waals surface area contributed by atoms with Crippen molar-refractivity contribution in [2.75, 3.05) is 32.1 Å². The van der Waals surface area contributed by atoms with E-state index in [-0.39, 0.29) is 22.7 Å². The molecule has 2 aromatic rings. The highest BCUT2D eigenvalue weighted by Gasteiger charge is 2.28. The second kappa shape index (κ2) is 11.7. The Morgan fingerprint density at radius 2 is 2.09 bits per heavy atom. The number of ether oxygens (including phenoxy) is 2. The van der Waals surface area contributed by atoms with Crippen LogP contribution in [-0.4, -0.2) is 55.8 Å². The first-order valence-corrected chi connectivity index (χ1v) is 11.9. The third-order valence-corrected chi connectivity index (χ3v) is 6.53. The van der Waals surface area contributed by atoms with Gasteiger partial charge in [-0.1, -0.05) is 13.3 Å². The van der Waals surface area contributed by atoms with E-state index in [2.05, 4.69) is 10.6 Å². The van der Waals surface area contributed by atoms with Gasteiger partial charge in [0.2, 0.25) is 0 Å². The van der Waals surface area contributed by atoms with Gasteiger partial charge < -0.3 is 30.7 Å². The highest BCUT2D eigenvalue weighted by molar-refractivity contribution is 7.18. The van der Waals surface area contributed by atoms with Crippen molar-refractivity contribution in [1.82, 2.24) is 10.2 Å². The zero-order chi connectivity index (χ0) is 24.7. The number of rotatable bonds is 8. The summed E-state index contributed by atoms with van der Waals surface area (Å²) in [5.74, 6) is -0.473. The van der Waals surface area contributed by atoms with E-state index in [1.165, 1.54) is 25.3 Å². The number of halogens is 1. The number of hydrogen-bond donors (Lipinski definition) is 3. The predicted molar refractivity (Wildman–Crippen MR) is 128 cm³/mol. The number of urea groups is 1. The molecular weight excluding hydrogens is 463 g/mol. The molecule has 184 valence electrons. The summed E-state index contributed by atoms with van der Waals surface area (Å²) in [7, 11) is 1.46. The molecule has 0 unspecified atom stereocenters. The van der Waals surface area contributed by atoms with Gasteiger partial charge in [-0.25, -0.2) is 14.0 Å². The molecule has 1 aliphatic rings. The van der Waals surface area contributed by atoms with Crippen molar-refractivity contribution < 1.29 is 28.2 Å². The Balaban J connectivity index is 1.78. The molecule has 3 rings (SSSR count). The standard InChI is InChI=1S/C23H29FN4O5S/c1-3-4-10-33-23(31)28-9-5-6-15(13-28)26-21(29)20-17(27-22(25)30)12-19(34-20)16-11-14(24)7-8-18(16)32-2/h7-8,11-12,15H,3-6,9-10,13H2,1-2H3,(H,26,29)(H3,25,27,30)/t15-/m0/s1. The van der Waals surface area contributed by atoms with E-state index in [0.717, 1.165) is 30.6 Å². The van der Waals surface area contributed by atoms with E-state index >= 15 is 0 Å². The number of amides is 4. The van der Waals surface area contributed by atoms with Crippen LogP contribution in [0.2, 0.25) is 0 Å². The van der Waals surface area contributed by atoms with Gasteiger partial charge in [0.1, 0.15) is 16.4 Å².